The van der Waals surface area contributed by atoms with Crippen molar-refractivity contribution in [3.63, 3.8) is 0 Å². The number of carbonyl (C=O) groups excluding carboxylic acids is 1. The van der Waals surface area contributed by atoms with Crippen LogP contribution < -0.4 is 11.1 Å². The summed E-state index contributed by atoms with van der Waals surface area (Å²) in [6.07, 6.45) is 0.675. The highest BCUT2D eigenvalue weighted by Crippen LogP contribution is 2.10. The van der Waals surface area contributed by atoms with E-state index in [1.165, 1.54) is 12.1 Å². The number of amides is 1. The maximum Gasteiger partial charge on any atom is 0.246 e. The minimum absolute atomic E-state index is 0.0274. The first kappa shape index (κ1) is 14.6. The zero-order valence-corrected chi connectivity index (χ0v) is 10.5. The quantitative estimate of drug-likeness (QED) is 0.706. The number of hydrogen-bond acceptors (Lipinski definition) is 3. The second kappa shape index (κ2) is 7.79. The fourth-order valence-corrected chi connectivity index (χ4v) is 1.58. The molecular formula is C13H19FN2O2. The molecule has 0 aliphatic rings. The number of nitrogens with two attached hydrogens (primary N) is 1. The normalized spacial score (nSPS) is 10.4. The van der Waals surface area contributed by atoms with Crippen LogP contribution in [-0.4, -0.2) is 32.2 Å². The third-order valence-electron chi connectivity index (χ3n) is 2.52. The molecule has 0 atom stereocenters. The molecule has 1 aromatic rings. The van der Waals surface area contributed by atoms with Crippen molar-refractivity contribution in [1.29, 1.82) is 0 Å². The van der Waals surface area contributed by atoms with Gasteiger partial charge in [0.05, 0.1) is 6.61 Å². The van der Waals surface area contributed by atoms with E-state index in [2.05, 4.69) is 5.32 Å². The molecule has 0 aliphatic heterocycles. The molecule has 5 heteroatoms. The lowest BCUT2D eigenvalue weighted by Crippen LogP contribution is -2.30. The summed E-state index contributed by atoms with van der Waals surface area (Å²) in [4.78, 5) is 11.3. The maximum atomic E-state index is 12.9. The predicted octanol–water partition coefficient (Wildman–Crippen LogP) is 0.768. The topological polar surface area (TPSA) is 64.3 Å². The van der Waals surface area contributed by atoms with E-state index in [0.717, 1.165) is 11.1 Å². The van der Waals surface area contributed by atoms with E-state index >= 15 is 0 Å². The molecule has 0 radical (unpaired) electrons. The number of nitrogens with one attached hydrogen (secondary N) is 1. The van der Waals surface area contributed by atoms with E-state index < -0.39 is 0 Å². The number of ether oxygens (including phenoxy) is 1. The molecule has 0 saturated heterocycles. The summed E-state index contributed by atoms with van der Waals surface area (Å²) in [7, 11) is 0. The van der Waals surface area contributed by atoms with Crippen LogP contribution in [0.2, 0.25) is 0 Å². The lowest BCUT2D eigenvalue weighted by Gasteiger charge is -2.08. The van der Waals surface area contributed by atoms with Gasteiger partial charge in [-0.05, 0) is 36.6 Å². The number of halogens is 1. The van der Waals surface area contributed by atoms with Gasteiger partial charge < -0.3 is 15.8 Å². The molecule has 4 nitrogen and oxygen atoms in total. The van der Waals surface area contributed by atoms with Gasteiger partial charge in [0.25, 0.3) is 0 Å². The monoisotopic (exact) mass is 254 g/mol. The van der Waals surface area contributed by atoms with Crippen LogP contribution in [0.15, 0.2) is 18.2 Å². The zero-order chi connectivity index (χ0) is 13.4. The molecule has 0 fully saturated rings. The first-order chi connectivity index (χ1) is 8.63. The van der Waals surface area contributed by atoms with Crippen LogP contribution >= 0.6 is 0 Å². The lowest BCUT2D eigenvalue weighted by atomic mass is 10.1. The Labute approximate surface area is 106 Å². The van der Waals surface area contributed by atoms with Crippen LogP contribution in [0, 0.1) is 12.7 Å². The molecule has 0 saturated carbocycles. The molecule has 0 heterocycles. The largest absolute Gasteiger partial charge is 0.370 e. The van der Waals surface area contributed by atoms with E-state index in [0.29, 0.717) is 26.1 Å². The number of rotatable bonds is 7. The SMILES string of the molecule is Cc1cc(F)ccc1CCNC(=O)COCCN. The molecule has 0 bridgehead atoms. The summed E-state index contributed by atoms with van der Waals surface area (Å²) >= 11 is 0. The van der Waals surface area contributed by atoms with E-state index in [4.69, 9.17) is 10.5 Å². The van der Waals surface area contributed by atoms with Crippen molar-refractivity contribution < 1.29 is 13.9 Å². The van der Waals surface area contributed by atoms with Crippen molar-refractivity contribution in [2.75, 3.05) is 26.3 Å². The van der Waals surface area contributed by atoms with Gasteiger partial charge in [-0.2, -0.15) is 0 Å². The fraction of sp³-hybridized carbons (Fsp3) is 0.462. The average molecular weight is 254 g/mol. The highest BCUT2D eigenvalue weighted by atomic mass is 19.1. The van der Waals surface area contributed by atoms with Gasteiger partial charge in [0.15, 0.2) is 0 Å². The Morgan fingerprint density at radius 1 is 1.50 bits per heavy atom. The third-order valence-corrected chi connectivity index (χ3v) is 2.52. The second-order valence-electron chi connectivity index (χ2n) is 4.01. The van der Waals surface area contributed by atoms with Gasteiger partial charge in [-0.15, -0.1) is 0 Å². The van der Waals surface area contributed by atoms with Gasteiger partial charge in [0.2, 0.25) is 5.91 Å². The molecule has 3 N–H and O–H groups in total. The second-order valence-corrected chi connectivity index (χ2v) is 4.01. The standard InChI is InChI=1S/C13H19FN2O2/c1-10-8-12(14)3-2-11(10)4-6-16-13(17)9-18-7-5-15/h2-3,8H,4-7,9,15H2,1H3,(H,16,17). The number of carbonyl (C=O) groups is 1. The molecule has 1 amide bonds. The van der Waals surface area contributed by atoms with Crippen molar-refractivity contribution >= 4 is 5.91 Å². The molecule has 0 unspecified atom stereocenters. The van der Waals surface area contributed by atoms with Gasteiger partial charge >= 0.3 is 0 Å². The van der Waals surface area contributed by atoms with Crippen LogP contribution in [0.5, 0.6) is 0 Å². The molecule has 0 aromatic heterocycles. The van der Waals surface area contributed by atoms with E-state index in [-0.39, 0.29) is 18.3 Å². The Balaban J connectivity index is 2.26. The fourth-order valence-electron chi connectivity index (χ4n) is 1.58. The Hall–Kier alpha value is -1.46. The van der Waals surface area contributed by atoms with Crippen molar-refractivity contribution in [3.05, 3.63) is 35.1 Å². The van der Waals surface area contributed by atoms with Crippen LogP contribution in [-0.2, 0) is 16.0 Å². The highest BCUT2D eigenvalue weighted by Gasteiger charge is 2.03. The molecular weight excluding hydrogens is 235 g/mol. The Kier molecular flexibility index (Phi) is 6.32. The number of aryl methyl sites for hydroxylation is 1. The molecule has 0 spiro atoms. The third kappa shape index (κ3) is 5.25. The Bertz CT molecular complexity index is 397. The van der Waals surface area contributed by atoms with Gasteiger partial charge in [-0.1, -0.05) is 6.07 Å². The van der Waals surface area contributed by atoms with Crippen molar-refractivity contribution in [2.45, 2.75) is 13.3 Å². The summed E-state index contributed by atoms with van der Waals surface area (Å²) in [6.45, 7) is 3.17. The van der Waals surface area contributed by atoms with Gasteiger partial charge in [0, 0.05) is 13.1 Å². The molecule has 18 heavy (non-hydrogen) atoms. The smallest absolute Gasteiger partial charge is 0.246 e. The molecule has 1 aromatic carbocycles. The zero-order valence-electron chi connectivity index (χ0n) is 10.5. The van der Waals surface area contributed by atoms with Gasteiger partial charge in [0.1, 0.15) is 12.4 Å². The summed E-state index contributed by atoms with van der Waals surface area (Å²) in [6, 6.07) is 4.65. The van der Waals surface area contributed by atoms with E-state index in [1.54, 1.807) is 6.07 Å². The first-order valence-electron chi connectivity index (χ1n) is 5.93. The molecule has 100 valence electrons. The lowest BCUT2D eigenvalue weighted by molar-refractivity contribution is -0.125. The Morgan fingerprint density at radius 2 is 2.28 bits per heavy atom. The summed E-state index contributed by atoms with van der Waals surface area (Å²) in [5, 5.41) is 2.73. The van der Waals surface area contributed by atoms with Crippen LogP contribution in [0.4, 0.5) is 4.39 Å². The Morgan fingerprint density at radius 3 is 2.94 bits per heavy atom. The van der Waals surface area contributed by atoms with Crippen molar-refractivity contribution in [2.24, 2.45) is 5.73 Å². The summed E-state index contributed by atoms with van der Waals surface area (Å²) in [5.74, 6) is -0.404. The van der Waals surface area contributed by atoms with E-state index in [1.807, 2.05) is 6.92 Å². The van der Waals surface area contributed by atoms with Gasteiger partial charge in [-0.25, -0.2) is 4.39 Å². The number of benzene rings is 1. The average Bonchev–Trinajstić information content (AvgIpc) is 2.32. The van der Waals surface area contributed by atoms with Crippen LogP contribution in [0.25, 0.3) is 0 Å². The number of hydrogen-bond donors (Lipinski definition) is 2. The van der Waals surface area contributed by atoms with Crippen molar-refractivity contribution in [3.8, 4) is 0 Å². The molecule has 0 aliphatic carbocycles. The van der Waals surface area contributed by atoms with Crippen LogP contribution in [0.1, 0.15) is 11.1 Å². The van der Waals surface area contributed by atoms with Crippen molar-refractivity contribution in [1.82, 2.24) is 5.32 Å². The summed E-state index contributed by atoms with van der Waals surface area (Å²) < 4.78 is 17.9. The van der Waals surface area contributed by atoms with Gasteiger partial charge in [-0.3, -0.25) is 4.79 Å². The maximum absolute atomic E-state index is 12.9. The predicted molar refractivity (Wildman–Crippen MR) is 67.7 cm³/mol. The summed E-state index contributed by atoms with van der Waals surface area (Å²) in [5.41, 5.74) is 7.15. The molecule has 1 rings (SSSR count). The van der Waals surface area contributed by atoms with Crippen LogP contribution in [0.3, 0.4) is 0 Å². The minimum Gasteiger partial charge on any atom is -0.370 e. The highest BCUT2D eigenvalue weighted by molar-refractivity contribution is 5.77. The first-order valence-corrected chi connectivity index (χ1v) is 5.93. The van der Waals surface area contributed by atoms with E-state index in [9.17, 15) is 9.18 Å². The minimum atomic E-state index is -0.240.